The van der Waals surface area contributed by atoms with Crippen molar-refractivity contribution >= 4 is 11.3 Å². The Labute approximate surface area is 110 Å². The number of nitrogens with one attached hydrogen (secondary N) is 1. The summed E-state index contributed by atoms with van der Waals surface area (Å²) in [7, 11) is 3.56. The molecule has 1 unspecified atom stereocenters. The van der Waals surface area contributed by atoms with Gasteiger partial charge in [0, 0.05) is 17.3 Å². The second kappa shape index (κ2) is 5.49. The summed E-state index contributed by atoms with van der Waals surface area (Å²) in [6.45, 7) is 4.10. The summed E-state index contributed by atoms with van der Waals surface area (Å²) in [5.74, 6) is 2.03. The van der Waals surface area contributed by atoms with Crippen molar-refractivity contribution in [2.75, 3.05) is 14.2 Å². The monoisotopic (exact) mass is 267 g/mol. The molecule has 98 valence electrons. The Hall–Kier alpha value is -1.40. The average Bonchev–Trinajstić information content (AvgIpc) is 2.95. The van der Waals surface area contributed by atoms with E-state index in [-0.39, 0.29) is 0 Å². The third-order valence-corrected chi connectivity index (χ3v) is 3.70. The topological polar surface area (TPSA) is 60.2 Å². The second-order valence-electron chi connectivity index (χ2n) is 4.16. The van der Waals surface area contributed by atoms with Crippen LogP contribution in [0.15, 0.2) is 10.6 Å². The van der Waals surface area contributed by atoms with Gasteiger partial charge in [0.25, 0.3) is 5.89 Å². The van der Waals surface area contributed by atoms with E-state index in [2.05, 4.69) is 22.4 Å². The van der Waals surface area contributed by atoms with Gasteiger partial charge in [0.2, 0.25) is 0 Å². The normalized spacial score (nSPS) is 12.7. The Bertz CT molecular complexity index is 521. The molecule has 1 atom stereocenters. The van der Waals surface area contributed by atoms with Gasteiger partial charge in [0.1, 0.15) is 10.6 Å². The largest absolute Gasteiger partial charge is 0.495 e. The zero-order valence-electron chi connectivity index (χ0n) is 11.0. The molecule has 6 heteroatoms. The third-order valence-electron chi connectivity index (χ3n) is 2.69. The Morgan fingerprint density at radius 1 is 1.56 bits per heavy atom. The zero-order chi connectivity index (χ0) is 13.1. The molecule has 0 radical (unpaired) electrons. The van der Waals surface area contributed by atoms with Crippen LogP contribution in [0.3, 0.4) is 0 Å². The van der Waals surface area contributed by atoms with Crippen molar-refractivity contribution in [2.24, 2.45) is 0 Å². The summed E-state index contributed by atoms with van der Waals surface area (Å²) < 4.78 is 10.6. The molecule has 1 N–H and O–H groups in total. The van der Waals surface area contributed by atoms with Crippen molar-refractivity contribution in [2.45, 2.75) is 26.3 Å². The number of aryl methyl sites for hydroxylation is 1. The highest BCUT2D eigenvalue weighted by Crippen LogP contribution is 2.36. The van der Waals surface area contributed by atoms with E-state index >= 15 is 0 Å². The predicted octanol–water partition coefficient (Wildman–Crippen LogP) is 2.27. The van der Waals surface area contributed by atoms with Gasteiger partial charge in [-0.15, -0.1) is 11.3 Å². The Kier molecular flexibility index (Phi) is 3.98. The van der Waals surface area contributed by atoms with Gasteiger partial charge < -0.3 is 14.6 Å². The fourth-order valence-electron chi connectivity index (χ4n) is 1.60. The summed E-state index contributed by atoms with van der Waals surface area (Å²) in [4.78, 5) is 6.45. The minimum atomic E-state index is 0.322. The fraction of sp³-hybridized carbons (Fsp3) is 0.500. The van der Waals surface area contributed by atoms with Crippen LogP contribution in [0.25, 0.3) is 10.8 Å². The molecule has 2 aromatic rings. The van der Waals surface area contributed by atoms with Crippen LogP contribution in [-0.2, 0) is 6.42 Å². The molecule has 0 aliphatic rings. The third kappa shape index (κ3) is 2.70. The summed E-state index contributed by atoms with van der Waals surface area (Å²) in [6, 6.07) is 2.29. The number of aromatic nitrogens is 2. The van der Waals surface area contributed by atoms with Gasteiger partial charge in [0.05, 0.1) is 7.11 Å². The Balaban J connectivity index is 2.23. The van der Waals surface area contributed by atoms with Crippen LogP contribution in [0.5, 0.6) is 5.75 Å². The summed E-state index contributed by atoms with van der Waals surface area (Å²) in [5, 5.41) is 7.14. The van der Waals surface area contributed by atoms with Crippen molar-refractivity contribution in [3.8, 4) is 16.5 Å². The minimum absolute atomic E-state index is 0.322. The number of thiophene rings is 1. The van der Waals surface area contributed by atoms with Gasteiger partial charge in [-0.2, -0.15) is 4.98 Å². The molecule has 0 aromatic carbocycles. The van der Waals surface area contributed by atoms with Crippen LogP contribution in [0.4, 0.5) is 0 Å². The lowest BCUT2D eigenvalue weighted by Gasteiger charge is -2.04. The van der Waals surface area contributed by atoms with Gasteiger partial charge in [0.15, 0.2) is 5.82 Å². The lowest BCUT2D eigenvalue weighted by atomic mass is 10.2. The van der Waals surface area contributed by atoms with E-state index in [0.717, 1.165) is 21.9 Å². The zero-order valence-corrected chi connectivity index (χ0v) is 11.8. The average molecular weight is 267 g/mol. The predicted molar refractivity (Wildman–Crippen MR) is 71.1 cm³/mol. The molecule has 0 bridgehead atoms. The molecule has 0 aliphatic heterocycles. The first-order chi connectivity index (χ1) is 8.63. The van der Waals surface area contributed by atoms with E-state index < -0.39 is 0 Å². The molecule has 5 nitrogen and oxygen atoms in total. The molecule has 0 spiro atoms. The molecular weight excluding hydrogens is 250 g/mol. The highest BCUT2D eigenvalue weighted by Gasteiger charge is 2.17. The first-order valence-corrected chi connectivity index (χ1v) is 6.60. The Morgan fingerprint density at radius 2 is 2.33 bits per heavy atom. The lowest BCUT2D eigenvalue weighted by Crippen LogP contribution is -2.24. The SMILES string of the molecule is CNC(C)Cc1noc(-c2sc(C)cc2OC)n1. The summed E-state index contributed by atoms with van der Waals surface area (Å²) in [5.41, 5.74) is 0. The van der Waals surface area contributed by atoms with Gasteiger partial charge in [-0.1, -0.05) is 5.16 Å². The number of hydrogen-bond donors (Lipinski definition) is 1. The van der Waals surface area contributed by atoms with E-state index in [1.807, 2.05) is 20.0 Å². The molecule has 0 saturated carbocycles. The quantitative estimate of drug-likeness (QED) is 0.900. The summed E-state index contributed by atoms with van der Waals surface area (Å²) >= 11 is 1.59. The maximum absolute atomic E-state index is 5.30. The number of hydrogen-bond acceptors (Lipinski definition) is 6. The van der Waals surface area contributed by atoms with Crippen LogP contribution in [0, 0.1) is 6.92 Å². The highest BCUT2D eigenvalue weighted by atomic mass is 32.1. The standard InChI is InChI=1S/C12H17N3O2S/c1-7(13-3)5-10-14-12(17-15-10)11-9(16-4)6-8(2)18-11/h6-7,13H,5H2,1-4H3. The van der Waals surface area contributed by atoms with E-state index in [1.165, 1.54) is 0 Å². The Morgan fingerprint density at radius 3 is 3.00 bits per heavy atom. The van der Waals surface area contributed by atoms with Gasteiger partial charge in [-0.05, 0) is 27.0 Å². The van der Waals surface area contributed by atoms with E-state index in [0.29, 0.717) is 17.8 Å². The molecule has 18 heavy (non-hydrogen) atoms. The lowest BCUT2D eigenvalue weighted by molar-refractivity contribution is 0.403. The molecule has 0 saturated heterocycles. The molecule has 2 rings (SSSR count). The fourth-order valence-corrected chi connectivity index (χ4v) is 2.50. The number of methoxy groups -OCH3 is 1. The maximum atomic E-state index is 5.30. The minimum Gasteiger partial charge on any atom is -0.495 e. The van der Waals surface area contributed by atoms with Crippen molar-refractivity contribution < 1.29 is 9.26 Å². The highest BCUT2D eigenvalue weighted by molar-refractivity contribution is 7.15. The van der Waals surface area contributed by atoms with Crippen molar-refractivity contribution in [3.63, 3.8) is 0 Å². The number of likely N-dealkylation sites (N-methyl/N-ethyl adjacent to an activating group) is 1. The van der Waals surface area contributed by atoms with Crippen LogP contribution in [0.1, 0.15) is 17.6 Å². The van der Waals surface area contributed by atoms with Gasteiger partial charge in [-0.25, -0.2) is 0 Å². The van der Waals surface area contributed by atoms with E-state index in [9.17, 15) is 0 Å². The second-order valence-corrected chi connectivity index (χ2v) is 5.42. The molecule has 0 amide bonds. The van der Waals surface area contributed by atoms with Crippen LogP contribution >= 0.6 is 11.3 Å². The molecule has 2 aromatic heterocycles. The first kappa shape index (κ1) is 13.0. The van der Waals surface area contributed by atoms with Crippen molar-refractivity contribution in [1.29, 1.82) is 0 Å². The maximum Gasteiger partial charge on any atom is 0.271 e. The number of nitrogens with zero attached hydrogens (tertiary/aromatic N) is 2. The number of ether oxygens (including phenoxy) is 1. The van der Waals surface area contributed by atoms with Crippen LogP contribution in [0.2, 0.25) is 0 Å². The van der Waals surface area contributed by atoms with Crippen LogP contribution in [-0.4, -0.2) is 30.3 Å². The first-order valence-electron chi connectivity index (χ1n) is 5.78. The molecule has 0 aliphatic carbocycles. The van der Waals surface area contributed by atoms with Crippen molar-refractivity contribution in [3.05, 3.63) is 16.8 Å². The molecular formula is C12H17N3O2S. The summed E-state index contributed by atoms with van der Waals surface area (Å²) in [6.07, 6.45) is 0.743. The van der Waals surface area contributed by atoms with E-state index in [4.69, 9.17) is 9.26 Å². The van der Waals surface area contributed by atoms with Gasteiger partial charge in [-0.3, -0.25) is 0 Å². The van der Waals surface area contributed by atoms with Gasteiger partial charge >= 0.3 is 0 Å². The molecule has 2 heterocycles. The molecule has 0 fully saturated rings. The smallest absolute Gasteiger partial charge is 0.271 e. The van der Waals surface area contributed by atoms with Crippen molar-refractivity contribution in [1.82, 2.24) is 15.5 Å². The van der Waals surface area contributed by atoms with Crippen LogP contribution < -0.4 is 10.1 Å². The number of rotatable bonds is 5. The van der Waals surface area contributed by atoms with E-state index in [1.54, 1.807) is 18.4 Å².